The van der Waals surface area contributed by atoms with E-state index in [1.807, 2.05) is 6.07 Å². The van der Waals surface area contributed by atoms with Crippen molar-refractivity contribution in [1.82, 2.24) is 9.03 Å². The van der Waals surface area contributed by atoms with Gasteiger partial charge in [0.1, 0.15) is 6.04 Å². The third kappa shape index (κ3) is 3.78. The molecule has 1 aromatic carbocycles. The first-order chi connectivity index (χ1) is 9.49. The molecule has 0 spiro atoms. The fraction of sp³-hybridized carbons (Fsp3) is 0.462. The third-order valence-electron chi connectivity index (χ3n) is 3.28. The van der Waals surface area contributed by atoms with Gasteiger partial charge in [-0.1, -0.05) is 30.3 Å². The Morgan fingerprint density at radius 3 is 2.40 bits per heavy atom. The summed E-state index contributed by atoms with van der Waals surface area (Å²) in [6, 6.07) is 7.82. The zero-order valence-corrected chi connectivity index (χ0v) is 11.8. The van der Waals surface area contributed by atoms with Gasteiger partial charge < -0.3 is 5.11 Å². The van der Waals surface area contributed by atoms with Crippen molar-refractivity contribution in [3.63, 3.8) is 0 Å². The summed E-state index contributed by atoms with van der Waals surface area (Å²) >= 11 is 0. The van der Waals surface area contributed by atoms with E-state index >= 15 is 0 Å². The summed E-state index contributed by atoms with van der Waals surface area (Å²) < 4.78 is 27.8. The molecule has 7 heteroatoms. The zero-order valence-electron chi connectivity index (χ0n) is 11.0. The Morgan fingerprint density at radius 2 is 1.85 bits per heavy atom. The molecule has 110 valence electrons. The van der Waals surface area contributed by atoms with Crippen LogP contribution in [-0.2, 0) is 21.4 Å². The highest BCUT2D eigenvalue weighted by Crippen LogP contribution is 2.13. The van der Waals surface area contributed by atoms with Crippen LogP contribution in [0.2, 0.25) is 0 Å². The van der Waals surface area contributed by atoms with E-state index in [0.717, 1.165) is 18.4 Å². The number of rotatable bonds is 6. The van der Waals surface area contributed by atoms with Gasteiger partial charge in [-0.2, -0.15) is 17.4 Å². The van der Waals surface area contributed by atoms with Gasteiger partial charge in [-0.15, -0.1) is 0 Å². The van der Waals surface area contributed by atoms with Crippen LogP contribution in [0.3, 0.4) is 0 Å². The minimum Gasteiger partial charge on any atom is -0.480 e. The maximum absolute atomic E-state index is 12.1. The largest absolute Gasteiger partial charge is 0.480 e. The van der Waals surface area contributed by atoms with Gasteiger partial charge in [0.15, 0.2) is 0 Å². The first-order valence-corrected chi connectivity index (χ1v) is 7.97. The maximum Gasteiger partial charge on any atom is 0.322 e. The molecule has 0 saturated carbocycles. The highest BCUT2D eigenvalue weighted by Gasteiger charge is 2.30. The van der Waals surface area contributed by atoms with Crippen LogP contribution in [-0.4, -0.2) is 42.9 Å². The van der Waals surface area contributed by atoms with Crippen LogP contribution >= 0.6 is 0 Å². The van der Waals surface area contributed by atoms with Crippen molar-refractivity contribution in [2.45, 2.75) is 25.3 Å². The van der Waals surface area contributed by atoms with Crippen LogP contribution in [0.4, 0.5) is 0 Å². The molecule has 1 atom stereocenters. The Kier molecular flexibility index (Phi) is 4.74. The van der Waals surface area contributed by atoms with Gasteiger partial charge in [0, 0.05) is 13.1 Å². The van der Waals surface area contributed by atoms with Crippen LogP contribution in [0.5, 0.6) is 0 Å². The van der Waals surface area contributed by atoms with Crippen LogP contribution in [0.1, 0.15) is 18.4 Å². The van der Waals surface area contributed by atoms with Gasteiger partial charge in [0.05, 0.1) is 0 Å². The lowest BCUT2D eigenvalue weighted by Crippen LogP contribution is -2.48. The van der Waals surface area contributed by atoms with E-state index in [1.165, 1.54) is 4.31 Å². The highest BCUT2D eigenvalue weighted by atomic mass is 32.2. The molecular formula is C13H18N2O4S. The fourth-order valence-corrected chi connectivity index (χ4v) is 3.64. The summed E-state index contributed by atoms with van der Waals surface area (Å²) in [5.74, 6) is -1.17. The normalized spacial score (nSPS) is 18.0. The molecule has 1 aromatic rings. The monoisotopic (exact) mass is 298 g/mol. The minimum atomic E-state index is -3.72. The van der Waals surface area contributed by atoms with Crippen LogP contribution in [0.15, 0.2) is 30.3 Å². The zero-order chi connectivity index (χ0) is 14.6. The quantitative estimate of drug-likeness (QED) is 0.805. The molecule has 6 nitrogen and oxygen atoms in total. The number of benzene rings is 1. The lowest BCUT2D eigenvalue weighted by atomic mass is 10.1. The van der Waals surface area contributed by atoms with Crippen molar-refractivity contribution in [1.29, 1.82) is 0 Å². The average molecular weight is 298 g/mol. The van der Waals surface area contributed by atoms with Gasteiger partial charge >= 0.3 is 5.97 Å². The number of nitrogens with zero attached hydrogens (tertiary/aromatic N) is 1. The summed E-state index contributed by atoms with van der Waals surface area (Å²) in [7, 11) is -3.72. The molecule has 1 heterocycles. The van der Waals surface area contributed by atoms with Crippen molar-refractivity contribution in [3.8, 4) is 0 Å². The lowest BCUT2D eigenvalue weighted by molar-refractivity contribution is -0.138. The second-order valence-electron chi connectivity index (χ2n) is 4.81. The van der Waals surface area contributed by atoms with Gasteiger partial charge in [-0.05, 0) is 24.8 Å². The van der Waals surface area contributed by atoms with Crippen molar-refractivity contribution in [2.75, 3.05) is 13.1 Å². The van der Waals surface area contributed by atoms with Crippen molar-refractivity contribution in [3.05, 3.63) is 35.9 Å². The van der Waals surface area contributed by atoms with E-state index in [1.54, 1.807) is 24.3 Å². The van der Waals surface area contributed by atoms with E-state index in [-0.39, 0.29) is 6.42 Å². The number of aliphatic carboxylic acids is 1. The summed E-state index contributed by atoms with van der Waals surface area (Å²) in [4.78, 5) is 11.3. The van der Waals surface area contributed by atoms with Gasteiger partial charge in [-0.25, -0.2) is 0 Å². The number of carbonyl (C=O) groups is 1. The molecule has 1 saturated heterocycles. The van der Waals surface area contributed by atoms with Crippen molar-refractivity contribution in [2.24, 2.45) is 0 Å². The summed E-state index contributed by atoms with van der Waals surface area (Å²) in [6.45, 7) is 0.903. The highest BCUT2D eigenvalue weighted by molar-refractivity contribution is 7.87. The predicted molar refractivity (Wildman–Crippen MR) is 74.4 cm³/mol. The van der Waals surface area contributed by atoms with Crippen LogP contribution < -0.4 is 4.72 Å². The summed E-state index contributed by atoms with van der Waals surface area (Å²) in [5.41, 5.74) is 0.782. The Balaban J connectivity index is 2.08. The molecule has 2 rings (SSSR count). The number of carboxylic acid groups (broad SMARTS) is 1. The minimum absolute atomic E-state index is 0.128. The second-order valence-corrected chi connectivity index (χ2v) is 6.51. The number of hydrogen-bond donors (Lipinski definition) is 2. The van der Waals surface area contributed by atoms with E-state index in [0.29, 0.717) is 13.1 Å². The first kappa shape index (κ1) is 15.0. The van der Waals surface area contributed by atoms with Gasteiger partial charge in [0.2, 0.25) is 0 Å². The van der Waals surface area contributed by atoms with Gasteiger partial charge in [-0.3, -0.25) is 4.79 Å². The first-order valence-electron chi connectivity index (χ1n) is 6.53. The molecule has 0 aromatic heterocycles. The molecule has 1 fully saturated rings. The fourth-order valence-electron chi connectivity index (χ4n) is 2.21. The van der Waals surface area contributed by atoms with Crippen LogP contribution in [0.25, 0.3) is 0 Å². The molecule has 1 aliphatic rings. The standard InChI is InChI=1S/C13H18N2O4S/c16-13(17)12(10-11-6-2-1-3-7-11)14-20(18,19)15-8-4-5-9-15/h1-3,6-7,12,14H,4-5,8-10H2,(H,16,17). The van der Waals surface area contributed by atoms with Crippen molar-refractivity contribution < 1.29 is 18.3 Å². The average Bonchev–Trinajstić information content (AvgIpc) is 2.93. The Hall–Kier alpha value is -1.44. The number of carboxylic acids is 1. The van der Waals surface area contributed by atoms with Gasteiger partial charge in [0.25, 0.3) is 10.2 Å². The molecule has 0 radical (unpaired) electrons. The SMILES string of the molecule is O=C(O)C(Cc1ccccc1)NS(=O)(=O)N1CCCC1. The molecule has 0 amide bonds. The van der Waals surface area contributed by atoms with E-state index in [4.69, 9.17) is 0 Å². The summed E-state index contributed by atoms with van der Waals surface area (Å²) in [6.07, 6.45) is 1.76. The lowest BCUT2D eigenvalue weighted by Gasteiger charge is -2.20. The van der Waals surface area contributed by atoms with E-state index < -0.39 is 22.2 Å². The predicted octanol–water partition coefficient (Wildman–Crippen LogP) is 0.613. The third-order valence-corrected chi connectivity index (χ3v) is 4.90. The molecule has 20 heavy (non-hydrogen) atoms. The number of nitrogens with one attached hydrogen (secondary N) is 1. The van der Waals surface area contributed by atoms with Crippen LogP contribution in [0, 0.1) is 0 Å². The Bertz CT molecular complexity index is 553. The van der Waals surface area contributed by atoms with E-state index in [9.17, 15) is 18.3 Å². The Labute approximate surface area is 118 Å². The smallest absolute Gasteiger partial charge is 0.322 e. The maximum atomic E-state index is 12.1. The molecule has 2 N–H and O–H groups in total. The molecular weight excluding hydrogens is 280 g/mol. The second kappa shape index (κ2) is 6.34. The molecule has 0 bridgehead atoms. The Morgan fingerprint density at radius 1 is 1.25 bits per heavy atom. The van der Waals surface area contributed by atoms with E-state index in [2.05, 4.69) is 4.72 Å². The molecule has 1 unspecified atom stereocenters. The molecule has 1 aliphatic heterocycles. The van der Waals surface area contributed by atoms with Crippen molar-refractivity contribution >= 4 is 16.2 Å². The summed E-state index contributed by atoms with van der Waals surface area (Å²) in [5, 5.41) is 9.20. The number of hydrogen-bond acceptors (Lipinski definition) is 3. The molecule has 0 aliphatic carbocycles. The topological polar surface area (TPSA) is 86.7 Å².